The fourth-order valence-corrected chi connectivity index (χ4v) is 3.99. The standard InChI is InChI=1S/C21H29N3O4/c1-28-18-10-6-5-9-17(18)24-14-16(13-19(24)25)21(27)23-12-11-22-20(26)15-7-3-2-4-8-15/h5-6,9-10,15-16H,2-4,7-8,11-14H2,1H3,(H,22,26)(H,23,27). The van der Waals surface area contributed by atoms with E-state index in [1.807, 2.05) is 18.2 Å². The van der Waals surface area contributed by atoms with Crippen LogP contribution >= 0.6 is 0 Å². The van der Waals surface area contributed by atoms with Gasteiger partial charge >= 0.3 is 0 Å². The van der Waals surface area contributed by atoms with Gasteiger partial charge in [0.1, 0.15) is 5.75 Å². The molecule has 0 spiro atoms. The monoisotopic (exact) mass is 387 g/mol. The summed E-state index contributed by atoms with van der Waals surface area (Å²) in [5, 5.41) is 5.75. The molecule has 152 valence electrons. The van der Waals surface area contributed by atoms with Crippen molar-refractivity contribution in [3.8, 4) is 5.75 Å². The Hall–Kier alpha value is -2.57. The molecule has 1 saturated carbocycles. The topological polar surface area (TPSA) is 87.7 Å². The van der Waals surface area contributed by atoms with E-state index in [1.54, 1.807) is 18.1 Å². The molecular formula is C21H29N3O4. The van der Waals surface area contributed by atoms with Crippen LogP contribution in [0.25, 0.3) is 0 Å². The second kappa shape index (κ2) is 9.57. The third kappa shape index (κ3) is 4.82. The van der Waals surface area contributed by atoms with Gasteiger partial charge in [-0.05, 0) is 25.0 Å². The fourth-order valence-electron chi connectivity index (χ4n) is 3.99. The maximum atomic E-state index is 12.4. The van der Waals surface area contributed by atoms with E-state index in [9.17, 15) is 14.4 Å². The average Bonchev–Trinajstić information content (AvgIpc) is 3.13. The van der Waals surface area contributed by atoms with Crippen molar-refractivity contribution in [2.45, 2.75) is 38.5 Å². The van der Waals surface area contributed by atoms with Crippen molar-refractivity contribution in [3.63, 3.8) is 0 Å². The molecule has 2 aliphatic rings. The van der Waals surface area contributed by atoms with Gasteiger partial charge in [0.2, 0.25) is 17.7 Å². The number of carbonyl (C=O) groups excluding carboxylic acids is 3. The second-order valence-electron chi connectivity index (χ2n) is 7.49. The first-order valence-corrected chi connectivity index (χ1v) is 10.1. The highest BCUT2D eigenvalue weighted by molar-refractivity contribution is 6.01. The Balaban J connectivity index is 1.44. The van der Waals surface area contributed by atoms with Crippen LogP contribution in [0.5, 0.6) is 5.75 Å². The Kier molecular flexibility index (Phi) is 6.90. The van der Waals surface area contributed by atoms with E-state index in [2.05, 4.69) is 10.6 Å². The Morgan fingerprint density at radius 1 is 1.04 bits per heavy atom. The molecule has 7 heteroatoms. The van der Waals surface area contributed by atoms with Gasteiger partial charge in [-0.15, -0.1) is 0 Å². The van der Waals surface area contributed by atoms with Crippen LogP contribution in [0.1, 0.15) is 38.5 Å². The van der Waals surface area contributed by atoms with Crippen molar-refractivity contribution < 1.29 is 19.1 Å². The lowest BCUT2D eigenvalue weighted by Crippen LogP contribution is -2.40. The van der Waals surface area contributed by atoms with Gasteiger partial charge in [-0.1, -0.05) is 31.4 Å². The SMILES string of the molecule is COc1ccccc1N1CC(C(=O)NCCNC(=O)C2CCCCC2)CC1=O. The highest BCUT2D eigenvalue weighted by Crippen LogP contribution is 2.32. The highest BCUT2D eigenvalue weighted by atomic mass is 16.5. The Morgan fingerprint density at radius 3 is 2.36 bits per heavy atom. The first-order chi connectivity index (χ1) is 13.6. The summed E-state index contributed by atoms with van der Waals surface area (Å²) in [6, 6.07) is 7.30. The van der Waals surface area contributed by atoms with Crippen LogP contribution in [-0.4, -0.2) is 44.5 Å². The second-order valence-corrected chi connectivity index (χ2v) is 7.49. The third-order valence-corrected chi connectivity index (χ3v) is 5.57. The van der Waals surface area contributed by atoms with Gasteiger partial charge in [0.25, 0.3) is 0 Å². The fraction of sp³-hybridized carbons (Fsp3) is 0.571. The van der Waals surface area contributed by atoms with E-state index < -0.39 is 5.92 Å². The number of anilines is 1. The molecule has 1 unspecified atom stereocenters. The van der Waals surface area contributed by atoms with Gasteiger partial charge in [-0.25, -0.2) is 0 Å². The van der Waals surface area contributed by atoms with Gasteiger partial charge in [0.15, 0.2) is 0 Å². The van der Waals surface area contributed by atoms with E-state index in [0.29, 0.717) is 31.1 Å². The number of hydrogen-bond acceptors (Lipinski definition) is 4. The molecule has 1 heterocycles. The Morgan fingerprint density at radius 2 is 1.68 bits per heavy atom. The van der Waals surface area contributed by atoms with Gasteiger partial charge in [-0.2, -0.15) is 0 Å². The number of hydrogen-bond donors (Lipinski definition) is 2. The highest BCUT2D eigenvalue weighted by Gasteiger charge is 2.36. The predicted octanol–water partition coefficient (Wildman–Crippen LogP) is 1.86. The molecule has 1 aromatic carbocycles. The molecule has 3 amide bonds. The van der Waals surface area contributed by atoms with Crippen molar-refractivity contribution >= 4 is 23.4 Å². The molecular weight excluding hydrogens is 358 g/mol. The minimum Gasteiger partial charge on any atom is -0.495 e. The number of methoxy groups -OCH3 is 1. The van der Waals surface area contributed by atoms with Crippen LogP contribution in [0.2, 0.25) is 0 Å². The van der Waals surface area contributed by atoms with Crippen LogP contribution in [-0.2, 0) is 14.4 Å². The predicted molar refractivity (Wildman–Crippen MR) is 106 cm³/mol. The molecule has 0 aromatic heterocycles. The summed E-state index contributed by atoms with van der Waals surface area (Å²) in [6.07, 6.45) is 5.55. The first kappa shape index (κ1) is 20.2. The molecule has 1 atom stereocenters. The Bertz CT molecular complexity index is 715. The molecule has 1 saturated heterocycles. The molecule has 0 radical (unpaired) electrons. The summed E-state index contributed by atoms with van der Waals surface area (Å²) in [5.41, 5.74) is 0.685. The van der Waals surface area contributed by atoms with Crippen molar-refractivity contribution in [2.75, 3.05) is 31.6 Å². The minimum absolute atomic E-state index is 0.0877. The average molecular weight is 387 g/mol. The van der Waals surface area contributed by atoms with Gasteiger partial charge in [-0.3, -0.25) is 14.4 Å². The summed E-state index contributed by atoms with van der Waals surface area (Å²) in [6.45, 7) is 1.12. The molecule has 1 aliphatic heterocycles. The number of ether oxygens (including phenoxy) is 1. The van der Waals surface area contributed by atoms with Gasteiger partial charge in [0, 0.05) is 32.0 Å². The number of para-hydroxylation sites is 2. The largest absolute Gasteiger partial charge is 0.495 e. The molecule has 7 nitrogen and oxygen atoms in total. The molecule has 28 heavy (non-hydrogen) atoms. The minimum atomic E-state index is -0.397. The van der Waals surface area contributed by atoms with Crippen molar-refractivity contribution in [3.05, 3.63) is 24.3 Å². The zero-order valence-electron chi connectivity index (χ0n) is 16.4. The smallest absolute Gasteiger partial charge is 0.227 e. The number of rotatable bonds is 7. The van der Waals surface area contributed by atoms with E-state index in [4.69, 9.17) is 4.74 Å². The van der Waals surface area contributed by atoms with E-state index in [1.165, 1.54) is 6.42 Å². The molecule has 0 bridgehead atoms. The summed E-state index contributed by atoms with van der Waals surface area (Å²) in [7, 11) is 1.56. The number of nitrogens with zero attached hydrogens (tertiary/aromatic N) is 1. The van der Waals surface area contributed by atoms with Crippen LogP contribution < -0.4 is 20.3 Å². The third-order valence-electron chi connectivity index (χ3n) is 5.57. The van der Waals surface area contributed by atoms with E-state index >= 15 is 0 Å². The molecule has 1 aromatic rings. The number of benzene rings is 1. The number of nitrogens with one attached hydrogen (secondary N) is 2. The van der Waals surface area contributed by atoms with E-state index in [-0.39, 0.29) is 30.1 Å². The Labute approximate surface area is 165 Å². The van der Waals surface area contributed by atoms with E-state index in [0.717, 1.165) is 25.7 Å². The number of amides is 3. The lowest BCUT2D eigenvalue weighted by atomic mass is 9.89. The molecule has 1 aliphatic carbocycles. The van der Waals surface area contributed by atoms with Crippen LogP contribution in [0.3, 0.4) is 0 Å². The summed E-state index contributed by atoms with van der Waals surface area (Å²) >= 11 is 0. The molecule has 3 rings (SSSR count). The molecule has 2 N–H and O–H groups in total. The summed E-state index contributed by atoms with van der Waals surface area (Å²) in [5.74, 6) is 0.181. The zero-order chi connectivity index (χ0) is 19.9. The first-order valence-electron chi connectivity index (χ1n) is 10.1. The lowest BCUT2D eigenvalue weighted by Gasteiger charge is -2.21. The van der Waals surface area contributed by atoms with Gasteiger partial charge in [0.05, 0.1) is 18.7 Å². The zero-order valence-corrected chi connectivity index (χ0v) is 16.4. The lowest BCUT2D eigenvalue weighted by molar-refractivity contribution is -0.127. The van der Waals surface area contributed by atoms with Gasteiger partial charge < -0.3 is 20.3 Å². The normalized spacial score (nSPS) is 20.1. The van der Waals surface area contributed by atoms with Crippen molar-refractivity contribution in [2.24, 2.45) is 11.8 Å². The quantitative estimate of drug-likeness (QED) is 0.699. The summed E-state index contributed by atoms with van der Waals surface area (Å²) < 4.78 is 5.32. The maximum absolute atomic E-state index is 12.4. The van der Waals surface area contributed by atoms with Crippen LogP contribution in [0, 0.1) is 11.8 Å². The summed E-state index contributed by atoms with van der Waals surface area (Å²) in [4.78, 5) is 38.5. The maximum Gasteiger partial charge on any atom is 0.227 e. The van der Waals surface area contributed by atoms with Crippen molar-refractivity contribution in [1.82, 2.24) is 10.6 Å². The number of carbonyl (C=O) groups is 3. The van der Waals surface area contributed by atoms with Crippen LogP contribution in [0.4, 0.5) is 5.69 Å². The molecule has 2 fully saturated rings. The van der Waals surface area contributed by atoms with Crippen molar-refractivity contribution in [1.29, 1.82) is 0 Å². The van der Waals surface area contributed by atoms with Crippen LogP contribution in [0.15, 0.2) is 24.3 Å².